The molecule has 1 aromatic carbocycles. The Morgan fingerprint density at radius 2 is 1.45 bits per heavy atom. The van der Waals surface area contributed by atoms with E-state index in [4.69, 9.17) is 15.2 Å². The van der Waals surface area contributed by atoms with Gasteiger partial charge in [0.25, 0.3) is 11.5 Å². The molecule has 0 bridgehead atoms. The number of aromatic amines is 1. The number of fused-ring (bicyclic) bond motifs is 1. The third-order valence-electron chi connectivity index (χ3n) is 8.35. The Morgan fingerprint density at radius 1 is 0.857 bits per heavy atom. The summed E-state index contributed by atoms with van der Waals surface area (Å²) in [7, 11) is 0. The molecule has 0 saturated heterocycles. The van der Waals surface area contributed by atoms with Crippen LogP contribution >= 0.6 is 0 Å². The van der Waals surface area contributed by atoms with Gasteiger partial charge in [-0.3, -0.25) is 29.3 Å². The van der Waals surface area contributed by atoms with Gasteiger partial charge in [-0.2, -0.15) is 4.98 Å². The smallest absolute Gasteiger partial charge is 0.331 e. The number of aliphatic hydroxyl groups excluding tert-OH is 4. The van der Waals surface area contributed by atoms with Crippen molar-refractivity contribution in [1.82, 2.24) is 35.2 Å². The maximum atomic E-state index is 13.4. The zero-order valence-corrected chi connectivity index (χ0v) is 29.8. The molecular weight excluding hydrogens is 738 g/mol. The van der Waals surface area contributed by atoms with Crippen molar-refractivity contribution in [2.45, 2.75) is 65.1 Å². The van der Waals surface area contributed by atoms with Crippen molar-refractivity contribution in [1.29, 1.82) is 0 Å². The summed E-state index contributed by atoms with van der Waals surface area (Å²) in [6.07, 6.45) is -1.54. The van der Waals surface area contributed by atoms with Crippen molar-refractivity contribution in [3.8, 4) is 11.5 Å². The monoisotopic (exact) mass is 775 g/mol. The van der Waals surface area contributed by atoms with E-state index in [0.717, 1.165) is 6.20 Å². The van der Waals surface area contributed by atoms with Gasteiger partial charge in [-0.1, -0.05) is 0 Å². The van der Waals surface area contributed by atoms with Crippen LogP contribution in [0.25, 0.3) is 11.2 Å². The highest BCUT2D eigenvalue weighted by molar-refractivity contribution is 5.97. The van der Waals surface area contributed by atoms with E-state index in [2.05, 4.69) is 40.5 Å². The Kier molecular flexibility index (Phi) is 12.7. The fourth-order valence-electron chi connectivity index (χ4n) is 5.34. The van der Waals surface area contributed by atoms with E-state index in [-0.39, 0.29) is 62.9 Å². The number of carbonyl (C=O) groups is 3. The topological polar surface area (TPSA) is 338 Å². The number of nitrogens with two attached hydrogens (primary N) is 1. The lowest BCUT2D eigenvalue weighted by Gasteiger charge is -2.22. The van der Waals surface area contributed by atoms with Crippen LogP contribution in [0.4, 0.5) is 11.6 Å². The summed E-state index contributed by atoms with van der Waals surface area (Å²) in [4.78, 5) is 74.2. The zero-order valence-electron chi connectivity index (χ0n) is 29.8. The molecule has 4 heterocycles. The number of carbonyl (C=O) groups excluding carboxylic acids is 3. The average Bonchev–Trinajstić information content (AvgIpc) is 3.17. The number of nitrogens with zero attached hydrogens (tertiary/aromatic N) is 5. The summed E-state index contributed by atoms with van der Waals surface area (Å²) < 4.78 is 10.2. The largest absolute Gasteiger partial charge is 0.506 e. The number of benzene rings is 1. The van der Waals surface area contributed by atoms with E-state index < -0.39 is 79.6 Å². The molecule has 56 heavy (non-hydrogen) atoms. The third kappa shape index (κ3) is 9.27. The lowest BCUT2D eigenvalue weighted by Crippen LogP contribution is -2.42. The summed E-state index contributed by atoms with van der Waals surface area (Å²) in [5, 5.41) is 67.1. The van der Waals surface area contributed by atoms with E-state index in [1.54, 1.807) is 0 Å². The van der Waals surface area contributed by atoms with Crippen LogP contribution in [0.5, 0.6) is 11.5 Å². The lowest BCUT2D eigenvalue weighted by atomic mass is 10.1. The number of anilines is 2. The van der Waals surface area contributed by atoms with Gasteiger partial charge in [0.1, 0.15) is 17.5 Å². The van der Waals surface area contributed by atoms with E-state index >= 15 is 0 Å². The van der Waals surface area contributed by atoms with E-state index in [1.807, 2.05) is 0 Å². The first-order chi connectivity index (χ1) is 26.7. The Labute approximate surface area is 315 Å². The summed E-state index contributed by atoms with van der Waals surface area (Å²) in [6, 6.07) is 4.27. The number of aliphatic hydroxyl groups is 4. The molecule has 0 aliphatic heterocycles. The Morgan fingerprint density at radius 3 is 2.04 bits per heavy atom. The predicted molar refractivity (Wildman–Crippen MR) is 192 cm³/mol. The number of esters is 2. The molecule has 0 saturated carbocycles. The number of aryl methyl sites for hydroxylation is 2. The first-order valence-electron chi connectivity index (χ1n) is 16.7. The molecule has 11 N–H and O–H groups in total. The number of H-pyrrole nitrogens is 1. The Bertz CT molecular complexity index is 2320. The van der Waals surface area contributed by atoms with Crippen LogP contribution in [0, 0.1) is 13.8 Å². The quantitative estimate of drug-likeness (QED) is 0.0496. The predicted octanol–water partition coefficient (Wildman–Crippen LogP) is 0.0572. The van der Waals surface area contributed by atoms with Gasteiger partial charge in [-0.25, -0.2) is 14.8 Å². The molecule has 5 rings (SSSR count). The summed E-state index contributed by atoms with van der Waals surface area (Å²) in [5.74, 6) is -4.32. The summed E-state index contributed by atoms with van der Waals surface area (Å²) in [6.45, 7) is 1.62. The minimum Gasteiger partial charge on any atom is -0.506 e. The van der Waals surface area contributed by atoms with Crippen molar-refractivity contribution in [2.24, 2.45) is 0 Å². The van der Waals surface area contributed by atoms with Crippen molar-refractivity contribution < 1.29 is 54.5 Å². The van der Waals surface area contributed by atoms with Crippen LogP contribution < -0.4 is 21.9 Å². The van der Waals surface area contributed by atoms with Crippen LogP contribution in [0.1, 0.15) is 75.1 Å². The van der Waals surface area contributed by atoms with Crippen molar-refractivity contribution in [2.75, 3.05) is 11.1 Å². The molecule has 5 aromatic rings. The number of nitrogen functional groups attached to an aromatic ring is 1. The summed E-state index contributed by atoms with van der Waals surface area (Å²) >= 11 is 0. The number of pyridine rings is 2. The fourth-order valence-corrected chi connectivity index (χ4v) is 5.34. The molecule has 4 aromatic heterocycles. The molecule has 0 spiro atoms. The van der Waals surface area contributed by atoms with Gasteiger partial charge in [-0.05, 0) is 44.5 Å². The molecule has 2 unspecified atom stereocenters. The molecule has 0 fully saturated rings. The Hall–Kier alpha value is -6.81. The molecule has 294 valence electrons. The number of aromatic hydroxyl groups is 2. The van der Waals surface area contributed by atoms with Gasteiger partial charge < -0.3 is 56.5 Å². The number of amides is 1. The highest BCUT2D eigenvalue weighted by Crippen LogP contribution is 2.32. The maximum absolute atomic E-state index is 13.4. The minimum atomic E-state index is -2.14. The second-order valence-corrected chi connectivity index (χ2v) is 12.2. The number of hydrogen-bond donors (Lipinski definition) is 10. The molecule has 21 nitrogen and oxygen atoms in total. The van der Waals surface area contributed by atoms with Gasteiger partial charge in [0.15, 0.2) is 11.2 Å². The van der Waals surface area contributed by atoms with Crippen molar-refractivity contribution in [3.05, 3.63) is 98.1 Å². The first kappa shape index (κ1) is 40.4. The molecule has 0 aliphatic rings. The SMILES string of the molecule is Cc1ncc(CO)c(C(O)OC(=O)CC[C@H](NC(=O)c2ccc(NCc3cnc4nc(N)[nH]c(=O)c4n3)cc2)C(=O)OC(O)c2c(CO)cnc(C)c2O)c1O. The van der Waals surface area contributed by atoms with Gasteiger partial charge in [-0.15, -0.1) is 0 Å². The number of rotatable bonds is 15. The van der Waals surface area contributed by atoms with Gasteiger partial charge in [0.05, 0.1) is 54.2 Å². The molecule has 21 heteroatoms. The highest BCUT2D eigenvalue weighted by atomic mass is 16.6. The standard InChI is InChI=1S/C35H37N9O12/c1-15-27(48)24(18(13-45)9-37-15)33(53)55-23(47)8-7-22(32(52)56-34(54)25-19(14-46)10-38-16(2)28(25)49)42-30(50)17-3-5-20(6-4-17)39-11-21-12-40-29-26(41-21)31(51)44-35(36)43-29/h3-6,9-10,12,22,33-34,39,45-46,48-49,53-54H,7-8,11,13-14H2,1-2H3,(H,42,50)(H3,36,40,43,44,51)/t22-,33?,34?/m0/s1. The number of ether oxygens (including phenoxy) is 2. The number of hydrogen-bond acceptors (Lipinski definition) is 19. The van der Waals surface area contributed by atoms with E-state index in [0.29, 0.717) is 11.4 Å². The van der Waals surface area contributed by atoms with Crippen LogP contribution in [-0.2, 0) is 38.8 Å². The number of aromatic nitrogens is 6. The average molecular weight is 776 g/mol. The summed E-state index contributed by atoms with van der Waals surface area (Å²) in [5.41, 5.74) is 5.46. The van der Waals surface area contributed by atoms with Gasteiger partial charge in [0, 0.05) is 41.2 Å². The van der Waals surface area contributed by atoms with Crippen molar-refractivity contribution >= 4 is 40.6 Å². The molecule has 1 amide bonds. The normalized spacial score (nSPS) is 12.8. The van der Waals surface area contributed by atoms with Gasteiger partial charge in [0.2, 0.25) is 18.5 Å². The van der Waals surface area contributed by atoms with Gasteiger partial charge >= 0.3 is 11.9 Å². The molecule has 3 atom stereocenters. The van der Waals surface area contributed by atoms with Crippen LogP contribution in [0.2, 0.25) is 0 Å². The first-order valence-corrected chi connectivity index (χ1v) is 16.7. The highest BCUT2D eigenvalue weighted by Gasteiger charge is 2.30. The van der Waals surface area contributed by atoms with Crippen LogP contribution in [0.3, 0.4) is 0 Å². The molecule has 0 aliphatic carbocycles. The van der Waals surface area contributed by atoms with Crippen molar-refractivity contribution in [3.63, 3.8) is 0 Å². The molecule has 0 radical (unpaired) electrons. The second-order valence-electron chi connectivity index (χ2n) is 12.2. The van der Waals surface area contributed by atoms with E-state index in [9.17, 15) is 49.8 Å². The molecular formula is C35H37N9O12. The third-order valence-corrected chi connectivity index (χ3v) is 8.35. The van der Waals surface area contributed by atoms with E-state index in [1.165, 1.54) is 50.5 Å². The number of nitrogens with one attached hydrogen (secondary N) is 3. The maximum Gasteiger partial charge on any atom is 0.331 e. The minimum absolute atomic E-state index is 0.00366. The lowest BCUT2D eigenvalue weighted by molar-refractivity contribution is -0.173. The second kappa shape index (κ2) is 17.6. The zero-order chi connectivity index (χ0) is 40.7. The Balaban J connectivity index is 1.29. The van der Waals surface area contributed by atoms with Crippen LogP contribution in [0.15, 0.2) is 47.7 Å². The fraction of sp³-hybridized carbons (Fsp3) is 0.286. The van der Waals surface area contributed by atoms with Crippen LogP contribution in [-0.4, -0.2) is 84.4 Å².